The van der Waals surface area contributed by atoms with Crippen molar-refractivity contribution in [2.24, 2.45) is 17.6 Å². The Bertz CT molecular complexity index is 430. The van der Waals surface area contributed by atoms with Gasteiger partial charge in [0.2, 0.25) is 0 Å². The van der Waals surface area contributed by atoms with Crippen molar-refractivity contribution in [1.82, 2.24) is 0 Å². The summed E-state index contributed by atoms with van der Waals surface area (Å²) in [6, 6.07) is 4.64. The quantitative estimate of drug-likeness (QED) is 0.872. The van der Waals surface area contributed by atoms with Crippen molar-refractivity contribution < 1.29 is 14.2 Å². The third-order valence-electron chi connectivity index (χ3n) is 4.56. The summed E-state index contributed by atoms with van der Waals surface area (Å²) in [5.41, 5.74) is 6.83. The van der Waals surface area contributed by atoms with Gasteiger partial charge < -0.3 is 15.6 Å². The van der Waals surface area contributed by atoms with E-state index in [1.165, 1.54) is 6.07 Å². The predicted molar refractivity (Wildman–Crippen MR) is 77.3 cm³/mol. The van der Waals surface area contributed by atoms with Gasteiger partial charge in [0.15, 0.2) is 0 Å². The molecule has 0 radical (unpaired) electrons. The first kappa shape index (κ1) is 15.3. The minimum atomic E-state index is -0.247. The lowest BCUT2D eigenvalue weighted by Crippen LogP contribution is -2.27. The van der Waals surface area contributed by atoms with Gasteiger partial charge in [-0.3, -0.25) is 0 Å². The Balaban J connectivity index is 2.18. The molecule has 1 fully saturated rings. The number of aliphatic hydroxyl groups excluding tert-OH is 1. The van der Waals surface area contributed by atoms with Crippen LogP contribution in [0.2, 0.25) is 0 Å². The zero-order valence-electron chi connectivity index (χ0n) is 12.0. The topological polar surface area (TPSA) is 55.5 Å². The summed E-state index contributed by atoms with van der Waals surface area (Å²) in [5.74, 6) is 1.45. The lowest BCUT2D eigenvalue weighted by molar-refractivity contribution is 0.157. The minimum absolute atomic E-state index is 0.125. The van der Waals surface area contributed by atoms with E-state index in [1.54, 1.807) is 19.2 Å². The average Bonchev–Trinajstić information content (AvgIpc) is 2.49. The zero-order chi connectivity index (χ0) is 14.5. The average molecular weight is 281 g/mol. The lowest BCUT2D eigenvalue weighted by atomic mass is 9.73. The molecule has 4 heteroatoms. The second kappa shape index (κ2) is 7.04. The molecule has 0 spiro atoms. The van der Waals surface area contributed by atoms with Gasteiger partial charge in [0.1, 0.15) is 11.6 Å². The molecule has 1 aromatic carbocycles. The van der Waals surface area contributed by atoms with Crippen molar-refractivity contribution in [3.8, 4) is 5.75 Å². The van der Waals surface area contributed by atoms with E-state index >= 15 is 0 Å². The van der Waals surface area contributed by atoms with Crippen LogP contribution in [0.3, 0.4) is 0 Å². The molecule has 0 amide bonds. The molecule has 1 aliphatic carbocycles. The van der Waals surface area contributed by atoms with Gasteiger partial charge >= 0.3 is 0 Å². The largest absolute Gasteiger partial charge is 0.496 e. The van der Waals surface area contributed by atoms with Gasteiger partial charge in [-0.15, -0.1) is 0 Å². The van der Waals surface area contributed by atoms with Crippen LogP contribution in [0.15, 0.2) is 18.2 Å². The smallest absolute Gasteiger partial charge is 0.123 e. The molecule has 0 aliphatic heterocycles. The van der Waals surface area contributed by atoms with Crippen molar-refractivity contribution in [3.63, 3.8) is 0 Å². The van der Waals surface area contributed by atoms with Gasteiger partial charge in [-0.05, 0) is 62.3 Å². The van der Waals surface area contributed by atoms with Gasteiger partial charge in [-0.1, -0.05) is 0 Å². The Morgan fingerprint density at radius 3 is 2.60 bits per heavy atom. The van der Waals surface area contributed by atoms with E-state index < -0.39 is 0 Å². The highest BCUT2D eigenvalue weighted by Gasteiger charge is 2.29. The van der Waals surface area contributed by atoms with Gasteiger partial charge in [0.05, 0.1) is 7.11 Å². The zero-order valence-corrected chi connectivity index (χ0v) is 12.0. The molecule has 0 aromatic heterocycles. The van der Waals surface area contributed by atoms with E-state index in [1.807, 2.05) is 0 Å². The first-order chi connectivity index (χ1) is 9.69. The van der Waals surface area contributed by atoms with E-state index in [9.17, 15) is 9.50 Å². The number of ether oxygens (including phenoxy) is 1. The highest BCUT2D eigenvalue weighted by atomic mass is 19.1. The summed E-state index contributed by atoms with van der Waals surface area (Å²) in [4.78, 5) is 0. The number of halogens is 1. The molecule has 1 atom stereocenters. The van der Waals surface area contributed by atoms with Crippen molar-refractivity contribution in [2.45, 2.75) is 31.6 Å². The Kier molecular flexibility index (Phi) is 5.38. The number of rotatable bonds is 5. The number of aliphatic hydroxyl groups is 1. The maximum Gasteiger partial charge on any atom is 0.123 e. The van der Waals surface area contributed by atoms with Gasteiger partial charge in [-0.2, -0.15) is 0 Å². The Morgan fingerprint density at radius 1 is 1.35 bits per heavy atom. The van der Waals surface area contributed by atoms with Crippen LogP contribution < -0.4 is 10.5 Å². The van der Waals surface area contributed by atoms with E-state index in [0.29, 0.717) is 24.1 Å². The van der Waals surface area contributed by atoms with Crippen LogP contribution in [0.5, 0.6) is 5.75 Å². The number of benzene rings is 1. The third-order valence-corrected chi connectivity index (χ3v) is 4.56. The first-order valence-electron chi connectivity index (χ1n) is 7.34. The number of methoxy groups -OCH3 is 1. The molecule has 0 bridgehead atoms. The normalized spacial score (nSPS) is 24.4. The van der Waals surface area contributed by atoms with E-state index in [4.69, 9.17) is 10.5 Å². The molecule has 0 heterocycles. The fourth-order valence-electron chi connectivity index (χ4n) is 3.34. The summed E-state index contributed by atoms with van der Waals surface area (Å²) in [6.07, 6.45) is 4.12. The Labute approximate surface area is 119 Å². The molecule has 112 valence electrons. The second-order valence-corrected chi connectivity index (χ2v) is 5.69. The van der Waals surface area contributed by atoms with Gasteiger partial charge in [0.25, 0.3) is 0 Å². The van der Waals surface area contributed by atoms with Crippen LogP contribution >= 0.6 is 0 Å². The molecule has 0 saturated heterocycles. The fourth-order valence-corrected chi connectivity index (χ4v) is 3.34. The van der Waals surface area contributed by atoms with E-state index in [0.717, 1.165) is 31.2 Å². The Hall–Kier alpha value is -1.13. The molecule has 1 aromatic rings. The fraction of sp³-hybridized carbons (Fsp3) is 0.625. The molecule has 20 heavy (non-hydrogen) atoms. The highest BCUT2D eigenvalue weighted by Crippen LogP contribution is 2.40. The summed E-state index contributed by atoms with van der Waals surface area (Å²) in [5, 5.41) is 9.21. The van der Waals surface area contributed by atoms with Gasteiger partial charge in [0, 0.05) is 18.1 Å². The molecule has 1 saturated carbocycles. The van der Waals surface area contributed by atoms with Crippen molar-refractivity contribution in [1.29, 1.82) is 0 Å². The van der Waals surface area contributed by atoms with Gasteiger partial charge in [-0.25, -0.2) is 4.39 Å². The van der Waals surface area contributed by atoms with E-state index in [-0.39, 0.29) is 18.3 Å². The van der Waals surface area contributed by atoms with Crippen LogP contribution in [-0.2, 0) is 0 Å². The van der Waals surface area contributed by atoms with Crippen LogP contribution in [0.25, 0.3) is 0 Å². The monoisotopic (exact) mass is 281 g/mol. The van der Waals surface area contributed by atoms with Crippen molar-refractivity contribution in [2.75, 3.05) is 20.3 Å². The lowest BCUT2D eigenvalue weighted by Gasteiger charge is -2.33. The molecule has 1 aliphatic rings. The standard InChI is InChI=1S/C16H24FNO2/c1-20-16-7-6-13(17)8-14(16)15(9-18)12-4-2-11(10-19)3-5-12/h6-8,11-12,15,19H,2-5,9-10,18H2,1H3. The molecule has 2 rings (SSSR count). The minimum Gasteiger partial charge on any atom is -0.496 e. The van der Waals surface area contributed by atoms with Crippen LogP contribution in [0, 0.1) is 17.7 Å². The maximum absolute atomic E-state index is 13.5. The van der Waals surface area contributed by atoms with E-state index in [2.05, 4.69) is 0 Å². The van der Waals surface area contributed by atoms with Crippen LogP contribution in [0.4, 0.5) is 4.39 Å². The van der Waals surface area contributed by atoms with Crippen molar-refractivity contribution >= 4 is 0 Å². The van der Waals surface area contributed by atoms with Crippen LogP contribution in [0.1, 0.15) is 37.2 Å². The summed E-state index contributed by atoms with van der Waals surface area (Å²) in [6.45, 7) is 0.761. The SMILES string of the molecule is COc1ccc(F)cc1C(CN)C1CCC(CO)CC1. The molecular formula is C16H24FNO2. The highest BCUT2D eigenvalue weighted by molar-refractivity contribution is 5.37. The second-order valence-electron chi connectivity index (χ2n) is 5.69. The molecular weight excluding hydrogens is 257 g/mol. The van der Waals surface area contributed by atoms with Crippen LogP contribution in [-0.4, -0.2) is 25.4 Å². The maximum atomic E-state index is 13.5. The first-order valence-corrected chi connectivity index (χ1v) is 7.34. The Morgan fingerprint density at radius 2 is 2.05 bits per heavy atom. The summed E-state index contributed by atoms with van der Waals surface area (Å²) in [7, 11) is 1.60. The number of nitrogens with two attached hydrogens (primary N) is 1. The molecule has 3 nitrogen and oxygen atoms in total. The number of hydrogen-bond donors (Lipinski definition) is 2. The molecule has 1 unspecified atom stereocenters. The molecule has 3 N–H and O–H groups in total. The number of hydrogen-bond acceptors (Lipinski definition) is 3. The van der Waals surface area contributed by atoms with Crippen molar-refractivity contribution in [3.05, 3.63) is 29.6 Å². The summed E-state index contributed by atoms with van der Waals surface area (Å²) < 4.78 is 18.9. The summed E-state index contributed by atoms with van der Waals surface area (Å²) >= 11 is 0. The third kappa shape index (κ3) is 3.30. The predicted octanol–water partition coefficient (Wildman–Crippen LogP) is 2.68.